The normalized spacial score (nSPS) is 20.7. The zero-order valence-electron chi connectivity index (χ0n) is 14.6. The molecular formula is C18H22N2O6. The Bertz CT molecular complexity index is 657. The maximum atomic E-state index is 12.2. The average molecular weight is 362 g/mol. The molecule has 26 heavy (non-hydrogen) atoms. The van der Waals surface area contributed by atoms with Gasteiger partial charge < -0.3 is 19.1 Å². The molecule has 8 heteroatoms. The standard InChI is InChI=1S/C18H22N2O6/c1-24-16(21)15-12-26-18(23)20(15)14-7-9-19(10-8-14)17(22)25-11-13-5-3-2-4-6-13/h2-6,14-15H,7-12H2,1H3. The Kier molecular flexibility index (Phi) is 5.60. The Balaban J connectivity index is 1.51. The zero-order valence-corrected chi connectivity index (χ0v) is 14.6. The van der Waals surface area contributed by atoms with Crippen LogP contribution in [0.25, 0.3) is 0 Å². The van der Waals surface area contributed by atoms with Crippen molar-refractivity contribution in [3.8, 4) is 0 Å². The van der Waals surface area contributed by atoms with Crippen LogP contribution in [0, 0.1) is 0 Å². The molecule has 0 N–H and O–H groups in total. The molecule has 0 aliphatic carbocycles. The molecule has 140 valence electrons. The first-order chi connectivity index (χ1) is 12.6. The van der Waals surface area contributed by atoms with Gasteiger partial charge in [0.05, 0.1) is 7.11 Å². The minimum absolute atomic E-state index is 0.00480. The summed E-state index contributed by atoms with van der Waals surface area (Å²) >= 11 is 0. The van der Waals surface area contributed by atoms with E-state index in [0.29, 0.717) is 25.9 Å². The van der Waals surface area contributed by atoms with Crippen LogP contribution >= 0.6 is 0 Å². The van der Waals surface area contributed by atoms with Gasteiger partial charge in [0.2, 0.25) is 0 Å². The number of carbonyl (C=O) groups excluding carboxylic acids is 3. The van der Waals surface area contributed by atoms with Gasteiger partial charge in [-0.1, -0.05) is 30.3 Å². The van der Waals surface area contributed by atoms with Crippen LogP contribution in [-0.4, -0.2) is 66.8 Å². The molecule has 1 atom stereocenters. The average Bonchev–Trinajstić information content (AvgIpc) is 3.08. The highest BCUT2D eigenvalue weighted by Gasteiger charge is 2.44. The van der Waals surface area contributed by atoms with Crippen LogP contribution < -0.4 is 0 Å². The second kappa shape index (κ2) is 8.07. The summed E-state index contributed by atoms with van der Waals surface area (Å²) < 4.78 is 15.1. The molecule has 2 amide bonds. The number of likely N-dealkylation sites (tertiary alicyclic amines) is 1. The lowest BCUT2D eigenvalue weighted by Gasteiger charge is -2.36. The summed E-state index contributed by atoms with van der Waals surface area (Å²) in [5.74, 6) is -0.486. The van der Waals surface area contributed by atoms with E-state index < -0.39 is 18.1 Å². The molecule has 2 aliphatic rings. The maximum Gasteiger partial charge on any atom is 0.410 e. The summed E-state index contributed by atoms with van der Waals surface area (Å²) in [7, 11) is 1.29. The van der Waals surface area contributed by atoms with Crippen LogP contribution in [-0.2, 0) is 25.6 Å². The van der Waals surface area contributed by atoms with Crippen molar-refractivity contribution in [2.24, 2.45) is 0 Å². The molecule has 0 bridgehead atoms. The van der Waals surface area contributed by atoms with Crippen molar-refractivity contribution < 1.29 is 28.6 Å². The Labute approximate surface area is 151 Å². The minimum atomic E-state index is -0.714. The topological polar surface area (TPSA) is 85.4 Å². The number of piperidine rings is 1. The quantitative estimate of drug-likeness (QED) is 0.600. The number of benzene rings is 1. The summed E-state index contributed by atoms with van der Waals surface area (Å²) in [5.41, 5.74) is 0.927. The second-order valence-electron chi connectivity index (χ2n) is 6.28. The third-order valence-corrected chi connectivity index (χ3v) is 4.71. The van der Waals surface area contributed by atoms with Crippen molar-refractivity contribution in [3.05, 3.63) is 35.9 Å². The number of nitrogens with zero attached hydrogens (tertiary/aromatic N) is 2. The van der Waals surface area contributed by atoms with Gasteiger partial charge in [-0.2, -0.15) is 0 Å². The molecule has 8 nitrogen and oxygen atoms in total. The number of ether oxygens (including phenoxy) is 3. The lowest BCUT2D eigenvalue weighted by atomic mass is 10.0. The van der Waals surface area contributed by atoms with E-state index in [-0.39, 0.29) is 25.3 Å². The van der Waals surface area contributed by atoms with Gasteiger partial charge in [-0.3, -0.25) is 4.90 Å². The first-order valence-electron chi connectivity index (χ1n) is 8.58. The number of methoxy groups -OCH3 is 1. The van der Waals surface area contributed by atoms with Crippen LogP contribution in [0.1, 0.15) is 18.4 Å². The van der Waals surface area contributed by atoms with Crippen molar-refractivity contribution >= 4 is 18.2 Å². The van der Waals surface area contributed by atoms with Crippen molar-refractivity contribution in [1.82, 2.24) is 9.80 Å². The van der Waals surface area contributed by atoms with Crippen LogP contribution in [0.15, 0.2) is 30.3 Å². The maximum absolute atomic E-state index is 12.2. The van der Waals surface area contributed by atoms with Gasteiger partial charge in [0, 0.05) is 19.1 Å². The van der Waals surface area contributed by atoms with E-state index in [1.165, 1.54) is 12.0 Å². The van der Waals surface area contributed by atoms with Gasteiger partial charge in [0.1, 0.15) is 13.2 Å². The fourth-order valence-corrected chi connectivity index (χ4v) is 3.29. The smallest absolute Gasteiger partial charge is 0.410 e. The first kappa shape index (κ1) is 18.0. The molecule has 0 radical (unpaired) electrons. The number of rotatable bonds is 4. The van der Waals surface area contributed by atoms with Crippen molar-refractivity contribution in [2.75, 3.05) is 26.8 Å². The Morgan fingerprint density at radius 3 is 2.54 bits per heavy atom. The Morgan fingerprint density at radius 1 is 1.19 bits per heavy atom. The Hall–Kier alpha value is -2.77. The lowest BCUT2D eigenvalue weighted by molar-refractivity contribution is -0.146. The van der Waals surface area contributed by atoms with Crippen molar-refractivity contribution in [3.63, 3.8) is 0 Å². The lowest BCUT2D eigenvalue weighted by Crippen LogP contribution is -2.52. The van der Waals surface area contributed by atoms with E-state index in [9.17, 15) is 14.4 Å². The number of carbonyl (C=O) groups is 3. The van der Waals surface area contributed by atoms with E-state index >= 15 is 0 Å². The Morgan fingerprint density at radius 2 is 1.88 bits per heavy atom. The number of amides is 2. The van der Waals surface area contributed by atoms with Crippen LogP contribution in [0.5, 0.6) is 0 Å². The van der Waals surface area contributed by atoms with Gasteiger partial charge in [-0.05, 0) is 18.4 Å². The molecule has 2 aliphatic heterocycles. The molecule has 1 aromatic carbocycles. The molecule has 2 saturated heterocycles. The third-order valence-electron chi connectivity index (χ3n) is 4.71. The fourth-order valence-electron chi connectivity index (χ4n) is 3.29. The molecular weight excluding hydrogens is 340 g/mol. The predicted octanol–water partition coefficient (Wildman–Crippen LogP) is 1.78. The highest BCUT2D eigenvalue weighted by Crippen LogP contribution is 2.25. The fraction of sp³-hybridized carbons (Fsp3) is 0.500. The predicted molar refractivity (Wildman–Crippen MR) is 90.2 cm³/mol. The van der Waals surface area contributed by atoms with Crippen LogP contribution in [0.4, 0.5) is 9.59 Å². The van der Waals surface area contributed by atoms with Gasteiger partial charge in [-0.25, -0.2) is 14.4 Å². The van der Waals surface area contributed by atoms with E-state index in [1.807, 2.05) is 30.3 Å². The molecule has 0 spiro atoms. The van der Waals surface area contributed by atoms with Gasteiger partial charge in [0.25, 0.3) is 0 Å². The monoisotopic (exact) mass is 362 g/mol. The van der Waals surface area contributed by atoms with E-state index in [4.69, 9.17) is 14.2 Å². The highest BCUT2D eigenvalue weighted by molar-refractivity contribution is 5.84. The molecule has 0 aromatic heterocycles. The van der Waals surface area contributed by atoms with E-state index in [2.05, 4.69) is 0 Å². The molecule has 3 rings (SSSR count). The molecule has 1 unspecified atom stereocenters. The van der Waals surface area contributed by atoms with E-state index in [1.54, 1.807) is 4.90 Å². The summed E-state index contributed by atoms with van der Waals surface area (Å²) in [4.78, 5) is 39.1. The van der Waals surface area contributed by atoms with Crippen LogP contribution in [0.3, 0.4) is 0 Å². The number of cyclic esters (lactones) is 1. The van der Waals surface area contributed by atoms with Gasteiger partial charge in [0.15, 0.2) is 6.04 Å². The van der Waals surface area contributed by atoms with Crippen LogP contribution in [0.2, 0.25) is 0 Å². The summed E-state index contributed by atoms with van der Waals surface area (Å²) in [5, 5.41) is 0. The molecule has 0 saturated carbocycles. The molecule has 1 aromatic rings. The van der Waals surface area contributed by atoms with Gasteiger partial charge >= 0.3 is 18.2 Å². The number of hydrogen-bond donors (Lipinski definition) is 0. The molecule has 2 fully saturated rings. The molecule has 2 heterocycles. The van der Waals surface area contributed by atoms with E-state index in [0.717, 1.165) is 5.56 Å². The summed E-state index contributed by atoms with van der Waals surface area (Å²) in [6.45, 7) is 1.14. The van der Waals surface area contributed by atoms with Crippen molar-refractivity contribution in [2.45, 2.75) is 31.5 Å². The minimum Gasteiger partial charge on any atom is -0.467 e. The number of esters is 1. The van der Waals surface area contributed by atoms with Gasteiger partial charge in [-0.15, -0.1) is 0 Å². The number of hydrogen-bond acceptors (Lipinski definition) is 6. The largest absolute Gasteiger partial charge is 0.467 e. The second-order valence-corrected chi connectivity index (χ2v) is 6.28. The zero-order chi connectivity index (χ0) is 18.5. The summed E-state index contributed by atoms with van der Waals surface area (Å²) in [6, 6.07) is 8.60. The first-order valence-corrected chi connectivity index (χ1v) is 8.58. The summed E-state index contributed by atoms with van der Waals surface area (Å²) in [6.07, 6.45) is 0.234. The third kappa shape index (κ3) is 3.89. The SMILES string of the molecule is COC(=O)C1COC(=O)N1C1CCN(C(=O)OCc2ccccc2)CC1. The van der Waals surface area contributed by atoms with Crippen molar-refractivity contribution in [1.29, 1.82) is 0 Å². The highest BCUT2D eigenvalue weighted by atomic mass is 16.6.